The van der Waals surface area contributed by atoms with Crippen LogP contribution in [0, 0.1) is 5.41 Å². The Morgan fingerprint density at radius 2 is 2.13 bits per heavy atom. The standard InChI is InChI=1S/C11H16O4/c1-10(2,3)9(13)14-7-11(4)6-5-8(12)15-11/h5-6H,7H2,1-4H3/t11-/m0/s1. The van der Waals surface area contributed by atoms with Gasteiger partial charge < -0.3 is 9.47 Å². The monoisotopic (exact) mass is 212 g/mol. The summed E-state index contributed by atoms with van der Waals surface area (Å²) in [6.45, 7) is 7.08. The van der Waals surface area contributed by atoms with E-state index < -0.39 is 17.0 Å². The van der Waals surface area contributed by atoms with Gasteiger partial charge in [0.15, 0.2) is 5.60 Å². The Bertz CT molecular complexity index is 311. The van der Waals surface area contributed by atoms with E-state index in [1.54, 1.807) is 33.8 Å². The lowest BCUT2D eigenvalue weighted by Crippen LogP contribution is -2.34. The Morgan fingerprint density at radius 3 is 2.53 bits per heavy atom. The molecule has 0 aromatic rings. The minimum Gasteiger partial charge on any atom is -0.461 e. The molecule has 1 heterocycles. The molecule has 0 spiro atoms. The highest BCUT2D eigenvalue weighted by Crippen LogP contribution is 2.22. The third-order valence-corrected chi connectivity index (χ3v) is 2.01. The molecule has 0 fully saturated rings. The molecule has 4 heteroatoms. The van der Waals surface area contributed by atoms with Crippen molar-refractivity contribution in [2.45, 2.75) is 33.3 Å². The molecule has 0 amide bonds. The second kappa shape index (κ2) is 3.68. The van der Waals surface area contributed by atoms with Gasteiger partial charge in [0.1, 0.15) is 6.61 Å². The van der Waals surface area contributed by atoms with E-state index in [9.17, 15) is 9.59 Å². The number of carbonyl (C=O) groups is 2. The van der Waals surface area contributed by atoms with Crippen molar-refractivity contribution in [3.05, 3.63) is 12.2 Å². The van der Waals surface area contributed by atoms with Crippen LogP contribution >= 0.6 is 0 Å². The van der Waals surface area contributed by atoms with Gasteiger partial charge in [-0.3, -0.25) is 4.79 Å². The zero-order valence-electron chi connectivity index (χ0n) is 9.49. The Kier molecular flexibility index (Phi) is 2.88. The normalized spacial score (nSPS) is 25.2. The lowest BCUT2D eigenvalue weighted by Gasteiger charge is -2.23. The van der Waals surface area contributed by atoms with Gasteiger partial charge in [-0.2, -0.15) is 0 Å². The Hall–Kier alpha value is -1.32. The number of rotatable bonds is 2. The summed E-state index contributed by atoms with van der Waals surface area (Å²) in [5, 5.41) is 0. The van der Waals surface area contributed by atoms with Crippen molar-refractivity contribution in [2.75, 3.05) is 6.61 Å². The summed E-state index contributed by atoms with van der Waals surface area (Å²) in [4.78, 5) is 22.3. The van der Waals surface area contributed by atoms with Gasteiger partial charge in [-0.25, -0.2) is 4.79 Å². The maximum absolute atomic E-state index is 11.5. The molecular formula is C11H16O4. The number of carbonyl (C=O) groups excluding carboxylic acids is 2. The summed E-state index contributed by atoms with van der Waals surface area (Å²) in [5.41, 5.74) is -1.35. The molecule has 4 nitrogen and oxygen atoms in total. The average molecular weight is 212 g/mol. The zero-order chi connectivity index (χ0) is 11.7. The van der Waals surface area contributed by atoms with Crippen molar-refractivity contribution in [2.24, 2.45) is 5.41 Å². The van der Waals surface area contributed by atoms with Gasteiger partial charge in [-0.15, -0.1) is 0 Å². The molecule has 0 aliphatic carbocycles. The summed E-state index contributed by atoms with van der Waals surface area (Å²) >= 11 is 0. The van der Waals surface area contributed by atoms with Crippen molar-refractivity contribution in [3.63, 3.8) is 0 Å². The minimum absolute atomic E-state index is 0.0609. The molecule has 15 heavy (non-hydrogen) atoms. The molecule has 0 bridgehead atoms. The van der Waals surface area contributed by atoms with Gasteiger partial charge in [0.05, 0.1) is 5.41 Å². The van der Waals surface area contributed by atoms with Crippen LogP contribution in [0.15, 0.2) is 12.2 Å². The summed E-state index contributed by atoms with van der Waals surface area (Å²) in [5.74, 6) is -0.704. The molecule has 0 radical (unpaired) electrons. The summed E-state index contributed by atoms with van der Waals surface area (Å²) in [6, 6.07) is 0. The van der Waals surface area contributed by atoms with E-state index in [0.717, 1.165) is 0 Å². The Morgan fingerprint density at radius 1 is 1.53 bits per heavy atom. The lowest BCUT2D eigenvalue weighted by molar-refractivity contribution is -0.164. The van der Waals surface area contributed by atoms with Gasteiger partial charge in [0.25, 0.3) is 0 Å². The highest BCUT2D eigenvalue weighted by atomic mass is 16.6. The second-order valence-corrected chi connectivity index (χ2v) is 4.89. The minimum atomic E-state index is -0.808. The van der Waals surface area contributed by atoms with Crippen LogP contribution in [-0.2, 0) is 19.1 Å². The highest BCUT2D eigenvalue weighted by Gasteiger charge is 2.33. The van der Waals surface area contributed by atoms with Crippen LogP contribution in [0.25, 0.3) is 0 Å². The van der Waals surface area contributed by atoms with Crippen LogP contribution in [-0.4, -0.2) is 24.1 Å². The Balaban J connectivity index is 2.48. The number of esters is 2. The van der Waals surface area contributed by atoms with E-state index >= 15 is 0 Å². The van der Waals surface area contributed by atoms with E-state index in [4.69, 9.17) is 9.47 Å². The third kappa shape index (κ3) is 3.08. The maximum atomic E-state index is 11.5. The van der Waals surface area contributed by atoms with Crippen LogP contribution in [0.2, 0.25) is 0 Å². The molecule has 0 saturated carbocycles. The first-order valence-corrected chi connectivity index (χ1v) is 4.82. The molecule has 0 aromatic carbocycles. The van der Waals surface area contributed by atoms with Crippen molar-refractivity contribution < 1.29 is 19.1 Å². The SMILES string of the molecule is CC(C)(C)C(=O)OC[C@]1(C)C=CC(=O)O1. The van der Waals surface area contributed by atoms with Gasteiger partial charge in [-0.05, 0) is 33.8 Å². The molecule has 1 atom stereocenters. The predicted octanol–water partition coefficient (Wildman–Crippen LogP) is 1.45. The molecule has 1 rings (SSSR count). The van der Waals surface area contributed by atoms with Crippen molar-refractivity contribution >= 4 is 11.9 Å². The number of hydrogen-bond acceptors (Lipinski definition) is 4. The average Bonchev–Trinajstić information content (AvgIpc) is 2.41. The molecule has 0 N–H and O–H groups in total. The quantitative estimate of drug-likeness (QED) is 0.650. The largest absolute Gasteiger partial charge is 0.461 e. The highest BCUT2D eigenvalue weighted by molar-refractivity contribution is 5.85. The van der Waals surface area contributed by atoms with E-state index in [1.807, 2.05) is 0 Å². The van der Waals surface area contributed by atoms with Crippen LogP contribution in [0.4, 0.5) is 0 Å². The zero-order valence-corrected chi connectivity index (χ0v) is 9.49. The molecule has 84 valence electrons. The number of cyclic esters (lactones) is 1. The second-order valence-electron chi connectivity index (χ2n) is 4.89. The van der Waals surface area contributed by atoms with Crippen molar-refractivity contribution in [3.8, 4) is 0 Å². The van der Waals surface area contributed by atoms with Crippen LogP contribution in [0.3, 0.4) is 0 Å². The van der Waals surface area contributed by atoms with Crippen LogP contribution in [0.5, 0.6) is 0 Å². The number of ether oxygens (including phenoxy) is 2. The van der Waals surface area contributed by atoms with Crippen molar-refractivity contribution in [1.82, 2.24) is 0 Å². The van der Waals surface area contributed by atoms with Crippen molar-refractivity contribution in [1.29, 1.82) is 0 Å². The molecule has 0 unspecified atom stereocenters. The van der Waals surface area contributed by atoms with Gasteiger partial charge in [0, 0.05) is 6.08 Å². The number of hydrogen-bond donors (Lipinski definition) is 0. The first-order chi connectivity index (χ1) is 6.73. The fraction of sp³-hybridized carbons (Fsp3) is 0.636. The molecule has 1 aliphatic heterocycles. The summed E-state index contributed by atoms with van der Waals surface area (Å²) in [7, 11) is 0. The summed E-state index contributed by atoms with van der Waals surface area (Å²) < 4.78 is 10.1. The van der Waals surface area contributed by atoms with E-state index in [0.29, 0.717) is 0 Å². The summed E-state index contributed by atoms with van der Waals surface area (Å²) in [6.07, 6.45) is 2.94. The van der Waals surface area contributed by atoms with Gasteiger partial charge in [0.2, 0.25) is 0 Å². The van der Waals surface area contributed by atoms with E-state index in [-0.39, 0.29) is 12.6 Å². The first-order valence-electron chi connectivity index (χ1n) is 4.82. The molecule has 0 aromatic heterocycles. The lowest BCUT2D eigenvalue weighted by atomic mass is 9.97. The first kappa shape index (κ1) is 11.8. The molecular weight excluding hydrogens is 196 g/mol. The van der Waals surface area contributed by atoms with Crippen LogP contribution in [0.1, 0.15) is 27.7 Å². The Labute approximate surface area is 89.2 Å². The third-order valence-electron chi connectivity index (χ3n) is 2.01. The smallest absolute Gasteiger partial charge is 0.331 e. The molecule has 1 aliphatic rings. The maximum Gasteiger partial charge on any atom is 0.331 e. The van der Waals surface area contributed by atoms with Gasteiger partial charge >= 0.3 is 11.9 Å². The van der Waals surface area contributed by atoms with E-state index in [1.165, 1.54) is 6.08 Å². The van der Waals surface area contributed by atoms with Crippen LogP contribution < -0.4 is 0 Å². The fourth-order valence-corrected chi connectivity index (χ4v) is 1.05. The fourth-order valence-electron chi connectivity index (χ4n) is 1.05. The predicted molar refractivity (Wildman–Crippen MR) is 54.1 cm³/mol. The van der Waals surface area contributed by atoms with E-state index in [2.05, 4.69) is 0 Å². The van der Waals surface area contributed by atoms with Gasteiger partial charge in [-0.1, -0.05) is 0 Å². The topological polar surface area (TPSA) is 52.6 Å². The molecule has 0 saturated heterocycles.